The highest BCUT2D eigenvalue weighted by Crippen LogP contribution is 2.46. The van der Waals surface area contributed by atoms with Gasteiger partial charge in [0, 0.05) is 16.7 Å². The Morgan fingerprint density at radius 1 is 1.29 bits per heavy atom. The highest BCUT2D eigenvalue weighted by molar-refractivity contribution is 7.99. The Labute approximate surface area is 146 Å². The van der Waals surface area contributed by atoms with Gasteiger partial charge in [-0.15, -0.1) is 5.10 Å². The number of thioether (sulfide) groups is 1. The van der Waals surface area contributed by atoms with Crippen molar-refractivity contribution in [1.29, 1.82) is 0 Å². The third-order valence-corrected chi connectivity index (χ3v) is 6.14. The van der Waals surface area contributed by atoms with Gasteiger partial charge >= 0.3 is 0 Å². The lowest BCUT2D eigenvalue weighted by Crippen LogP contribution is -2.22. The smallest absolute Gasteiger partial charge is 0.208 e. The van der Waals surface area contributed by atoms with E-state index < -0.39 is 0 Å². The molecule has 4 nitrogen and oxygen atoms in total. The standard InChI is InChI=1S/C19H21N3OS/c1-12-4-5-14-8-9-24-18-20-17(21-22-18)16-7-6-15(23-3)10-13(16)11-19(12,14)2/h4-7,10H,8-9,11H2,1-3H3,(H,20,21,22). The number of nitrogens with zero attached hydrogens (tertiary/aromatic N) is 2. The zero-order valence-corrected chi connectivity index (χ0v) is 15.0. The molecule has 1 aromatic carbocycles. The fourth-order valence-corrected chi connectivity index (χ4v) is 4.37. The zero-order valence-electron chi connectivity index (χ0n) is 14.2. The summed E-state index contributed by atoms with van der Waals surface area (Å²) in [5.74, 6) is 2.72. The second kappa shape index (κ2) is 5.81. The highest BCUT2D eigenvalue weighted by Gasteiger charge is 2.35. The van der Waals surface area contributed by atoms with E-state index in [9.17, 15) is 0 Å². The van der Waals surface area contributed by atoms with E-state index in [1.807, 2.05) is 6.07 Å². The summed E-state index contributed by atoms with van der Waals surface area (Å²) in [7, 11) is 1.71. The van der Waals surface area contributed by atoms with Crippen molar-refractivity contribution < 1.29 is 4.74 Å². The van der Waals surface area contributed by atoms with E-state index in [0.717, 1.165) is 40.9 Å². The van der Waals surface area contributed by atoms with Crippen molar-refractivity contribution in [1.82, 2.24) is 15.2 Å². The minimum atomic E-state index is 0.0631. The van der Waals surface area contributed by atoms with Gasteiger partial charge in [0.2, 0.25) is 5.16 Å². The summed E-state index contributed by atoms with van der Waals surface area (Å²) >= 11 is 1.71. The van der Waals surface area contributed by atoms with Crippen LogP contribution in [0.3, 0.4) is 0 Å². The molecule has 1 aromatic heterocycles. The SMILES string of the molecule is COc1ccc2c(c1)CC1(C)C(C)=CC=C1CCSc1n[nH]c-2n1. The maximum atomic E-state index is 5.46. The van der Waals surface area contributed by atoms with Crippen LogP contribution in [0.5, 0.6) is 5.75 Å². The number of allylic oxidation sites excluding steroid dienone is 4. The maximum absolute atomic E-state index is 5.46. The molecule has 5 heteroatoms. The molecular formula is C19H21N3OS. The molecule has 1 N–H and O–H groups in total. The van der Waals surface area contributed by atoms with Gasteiger partial charge in [-0.05, 0) is 43.5 Å². The molecule has 0 radical (unpaired) electrons. The fraction of sp³-hybridized carbons (Fsp3) is 0.368. The minimum Gasteiger partial charge on any atom is -0.497 e. The van der Waals surface area contributed by atoms with Crippen LogP contribution in [0, 0.1) is 5.41 Å². The van der Waals surface area contributed by atoms with Gasteiger partial charge in [-0.1, -0.05) is 42.0 Å². The van der Waals surface area contributed by atoms with Gasteiger partial charge in [-0.25, -0.2) is 4.98 Å². The number of ether oxygens (including phenoxy) is 1. The first-order chi connectivity index (χ1) is 11.6. The second-order valence-corrected chi connectivity index (χ2v) is 7.70. The zero-order chi connectivity index (χ0) is 16.7. The van der Waals surface area contributed by atoms with Gasteiger partial charge in [-0.3, -0.25) is 5.10 Å². The number of benzene rings is 1. The normalized spacial score (nSPS) is 22.8. The van der Waals surface area contributed by atoms with E-state index in [1.165, 1.54) is 16.7 Å². The van der Waals surface area contributed by atoms with Crippen molar-refractivity contribution in [3.8, 4) is 17.1 Å². The quantitative estimate of drug-likeness (QED) is 0.836. The van der Waals surface area contributed by atoms with Crippen molar-refractivity contribution in [2.45, 2.75) is 31.8 Å². The summed E-state index contributed by atoms with van der Waals surface area (Å²) in [6.07, 6.45) is 6.57. The van der Waals surface area contributed by atoms with Crippen LogP contribution in [-0.4, -0.2) is 28.0 Å². The molecule has 2 aromatic rings. The molecule has 0 fully saturated rings. The first-order valence-corrected chi connectivity index (χ1v) is 9.19. The lowest BCUT2D eigenvalue weighted by Gasteiger charge is -2.31. The molecule has 0 amide bonds. The first kappa shape index (κ1) is 15.5. The van der Waals surface area contributed by atoms with Crippen LogP contribution >= 0.6 is 11.8 Å². The largest absolute Gasteiger partial charge is 0.497 e. The van der Waals surface area contributed by atoms with Crippen LogP contribution in [0.4, 0.5) is 0 Å². The summed E-state index contributed by atoms with van der Waals surface area (Å²) in [5, 5.41) is 8.27. The molecule has 2 aliphatic rings. The highest BCUT2D eigenvalue weighted by atomic mass is 32.2. The number of fused-ring (bicyclic) bond motifs is 5. The lowest BCUT2D eigenvalue weighted by atomic mass is 9.73. The maximum Gasteiger partial charge on any atom is 0.208 e. The molecule has 1 atom stereocenters. The summed E-state index contributed by atoms with van der Waals surface area (Å²) in [6.45, 7) is 4.59. The van der Waals surface area contributed by atoms with Crippen molar-refractivity contribution in [2.75, 3.05) is 12.9 Å². The van der Waals surface area contributed by atoms with Gasteiger partial charge in [0.1, 0.15) is 5.75 Å². The number of rotatable bonds is 1. The lowest BCUT2D eigenvalue weighted by molar-refractivity contribution is 0.412. The molecule has 2 bridgehead atoms. The Bertz CT molecular complexity index is 852. The van der Waals surface area contributed by atoms with Crippen molar-refractivity contribution in [3.05, 3.63) is 47.1 Å². The summed E-state index contributed by atoms with van der Waals surface area (Å²) < 4.78 is 5.46. The fourth-order valence-electron chi connectivity index (χ4n) is 3.60. The minimum absolute atomic E-state index is 0.0631. The molecule has 4 rings (SSSR count). The Hall–Kier alpha value is -2.01. The Balaban J connectivity index is 1.87. The third-order valence-electron chi connectivity index (χ3n) is 5.29. The van der Waals surface area contributed by atoms with Gasteiger partial charge in [0.25, 0.3) is 0 Å². The molecule has 2 heterocycles. The van der Waals surface area contributed by atoms with Crippen LogP contribution in [0.15, 0.2) is 46.7 Å². The number of aromatic nitrogens is 3. The number of hydrogen-bond acceptors (Lipinski definition) is 4. The Kier molecular flexibility index (Phi) is 3.76. The van der Waals surface area contributed by atoms with Gasteiger partial charge in [0.15, 0.2) is 5.82 Å². The first-order valence-electron chi connectivity index (χ1n) is 8.21. The summed E-state index contributed by atoms with van der Waals surface area (Å²) in [6, 6.07) is 6.21. The summed E-state index contributed by atoms with van der Waals surface area (Å²) in [4.78, 5) is 4.67. The number of hydrogen-bond donors (Lipinski definition) is 1. The van der Waals surface area contributed by atoms with Crippen LogP contribution in [0.25, 0.3) is 11.4 Å². The number of aromatic amines is 1. The van der Waals surface area contributed by atoms with E-state index in [1.54, 1.807) is 18.9 Å². The van der Waals surface area contributed by atoms with Crippen molar-refractivity contribution in [2.24, 2.45) is 5.41 Å². The molecule has 0 spiro atoms. The van der Waals surface area contributed by atoms with Crippen molar-refractivity contribution in [3.63, 3.8) is 0 Å². The van der Waals surface area contributed by atoms with Crippen molar-refractivity contribution >= 4 is 11.8 Å². The van der Waals surface area contributed by atoms with Gasteiger partial charge in [-0.2, -0.15) is 0 Å². The molecule has 124 valence electrons. The molecule has 1 aliphatic carbocycles. The topological polar surface area (TPSA) is 50.8 Å². The number of methoxy groups -OCH3 is 1. The number of H-pyrrole nitrogens is 1. The van der Waals surface area contributed by atoms with Gasteiger partial charge < -0.3 is 4.74 Å². The average Bonchev–Trinajstić information content (AvgIpc) is 3.14. The van der Waals surface area contributed by atoms with Crippen LogP contribution in [-0.2, 0) is 6.42 Å². The molecule has 0 saturated carbocycles. The average molecular weight is 339 g/mol. The van der Waals surface area contributed by atoms with E-state index in [-0.39, 0.29) is 5.41 Å². The van der Waals surface area contributed by atoms with E-state index in [0.29, 0.717) is 0 Å². The number of nitrogens with one attached hydrogen (secondary N) is 1. The molecular weight excluding hydrogens is 318 g/mol. The van der Waals surface area contributed by atoms with E-state index >= 15 is 0 Å². The Morgan fingerprint density at radius 2 is 2.17 bits per heavy atom. The monoisotopic (exact) mass is 339 g/mol. The van der Waals surface area contributed by atoms with E-state index in [4.69, 9.17) is 4.74 Å². The van der Waals surface area contributed by atoms with Crippen LogP contribution in [0.2, 0.25) is 0 Å². The Morgan fingerprint density at radius 3 is 3.00 bits per heavy atom. The predicted molar refractivity (Wildman–Crippen MR) is 97.4 cm³/mol. The van der Waals surface area contributed by atoms with Crippen LogP contribution in [0.1, 0.15) is 25.8 Å². The van der Waals surface area contributed by atoms with Crippen LogP contribution < -0.4 is 4.74 Å². The summed E-state index contributed by atoms with van der Waals surface area (Å²) in [5.41, 5.74) is 5.34. The molecule has 0 saturated heterocycles. The molecule has 1 unspecified atom stereocenters. The third kappa shape index (κ3) is 2.47. The molecule has 1 aliphatic heterocycles. The van der Waals surface area contributed by atoms with E-state index in [2.05, 4.69) is 53.3 Å². The predicted octanol–water partition coefficient (Wildman–Crippen LogP) is 4.41. The second-order valence-electron chi connectivity index (χ2n) is 6.64. The van der Waals surface area contributed by atoms with Gasteiger partial charge in [0.05, 0.1) is 7.11 Å². The molecule has 24 heavy (non-hydrogen) atoms.